The molecule has 3 aromatic rings. The van der Waals surface area contributed by atoms with Crippen molar-refractivity contribution in [2.75, 3.05) is 0 Å². The van der Waals surface area contributed by atoms with Gasteiger partial charge in [-0.1, -0.05) is 36.4 Å². The Morgan fingerprint density at radius 1 is 0.688 bits per heavy atom. The van der Waals surface area contributed by atoms with E-state index < -0.39 is 11.7 Å². The topological polar surface area (TPSA) is 37.6 Å². The second kappa shape index (κ2) is 9.07. The molecule has 0 N–H and O–H groups in total. The summed E-state index contributed by atoms with van der Waals surface area (Å²) in [6.45, 7) is 11.0. The lowest BCUT2D eigenvalue weighted by molar-refractivity contribution is -0.137. The molecular formula is C26H26F3N3. The van der Waals surface area contributed by atoms with Crippen LogP contribution in [0.3, 0.4) is 0 Å². The van der Waals surface area contributed by atoms with E-state index in [0.29, 0.717) is 11.4 Å². The molecule has 0 atom stereocenters. The van der Waals surface area contributed by atoms with Crippen molar-refractivity contribution >= 4 is 22.8 Å². The lowest BCUT2D eigenvalue weighted by Gasteiger charge is -2.13. The lowest BCUT2D eigenvalue weighted by atomic mass is 10.1. The third-order valence-electron chi connectivity index (χ3n) is 5.33. The van der Waals surface area contributed by atoms with E-state index in [1.165, 1.54) is 0 Å². The van der Waals surface area contributed by atoms with E-state index in [1.807, 2.05) is 64.1 Å². The van der Waals surface area contributed by atoms with Crippen LogP contribution in [0.15, 0.2) is 58.5 Å². The lowest BCUT2D eigenvalue weighted by Crippen LogP contribution is -2.13. The first-order valence-electron chi connectivity index (χ1n) is 10.3. The number of benzene rings is 2. The van der Waals surface area contributed by atoms with Crippen LogP contribution in [0.5, 0.6) is 0 Å². The molecule has 0 spiro atoms. The molecule has 0 aliphatic heterocycles. The maximum Gasteiger partial charge on any atom is 0.416 e. The fraction of sp³-hybridized carbons (Fsp3) is 0.269. The summed E-state index contributed by atoms with van der Waals surface area (Å²) in [5, 5.41) is 0. The van der Waals surface area contributed by atoms with E-state index in [2.05, 4.69) is 15.0 Å². The van der Waals surface area contributed by atoms with Gasteiger partial charge in [0.2, 0.25) is 0 Å². The monoisotopic (exact) mass is 437 g/mol. The smallest absolute Gasteiger partial charge is 0.251 e. The molecule has 0 amide bonds. The summed E-state index contributed by atoms with van der Waals surface area (Å²) in [7, 11) is 0. The molecule has 6 heteroatoms. The Morgan fingerprint density at radius 2 is 1.03 bits per heavy atom. The predicted octanol–water partition coefficient (Wildman–Crippen LogP) is 7.62. The Bertz CT molecular complexity index is 1100. The van der Waals surface area contributed by atoms with Gasteiger partial charge in [0.05, 0.1) is 39.7 Å². The van der Waals surface area contributed by atoms with E-state index in [4.69, 9.17) is 0 Å². The average molecular weight is 438 g/mol. The highest BCUT2D eigenvalue weighted by Crippen LogP contribution is 2.31. The van der Waals surface area contributed by atoms with Crippen LogP contribution < -0.4 is 0 Å². The van der Waals surface area contributed by atoms with Crippen molar-refractivity contribution in [3.8, 4) is 0 Å². The second-order valence-corrected chi connectivity index (χ2v) is 8.00. The number of aromatic nitrogens is 1. The number of para-hydroxylation sites is 2. The highest BCUT2D eigenvalue weighted by atomic mass is 19.4. The van der Waals surface area contributed by atoms with Gasteiger partial charge in [0, 0.05) is 0 Å². The number of pyridine rings is 1. The van der Waals surface area contributed by atoms with Crippen LogP contribution in [0.1, 0.15) is 53.1 Å². The molecule has 0 aliphatic carbocycles. The molecule has 32 heavy (non-hydrogen) atoms. The molecule has 0 unspecified atom stereocenters. The molecule has 0 bridgehead atoms. The molecule has 1 heterocycles. The summed E-state index contributed by atoms with van der Waals surface area (Å²) in [5.41, 5.74) is 5.68. The summed E-state index contributed by atoms with van der Waals surface area (Å²) in [6, 6.07) is 13.6. The van der Waals surface area contributed by atoms with E-state index in [-0.39, 0.29) is 11.4 Å². The van der Waals surface area contributed by atoms with Gasteiger partial charge in [-0.05, 0) is 75.9 Å². The van der Waals surface area contributed by atoms with Crippen LogP contribution in [0.25, 0.3) is 0 Å². The number of hydrogen-bond acceptors (Lipinski definition) is 3. The van der Waals surface area contributed by atoms with E-state index in [9.17, 15) is 13.2 Å². The molecule has 0 saturated carbocycles. The van der Waals surface area contributed by atoms with Crippen LogP contribution in [0.4, 0.5) is 24.5 Å². The maximum atomic E-state index is 13.7. The summed E-state index contributed by atoms with van der Waals surface area (Å²) in [5.74, 6) is 0. The third kappa shape index (κ3) is 5.13. The Labute approximate surface area is 186 Å². The molecular weight excluding hydrogens is 411 g/mol. The molecule has 0 saturated heterocycles. The largest absolute Gasteiger partial charge is 0.416 e. The zero-order chi connectivity index (χ0) is 23.6. The van der Waals surface area contributed by atoms with Gasteiger partial charge in [-0.25, -0.2) is 4.98 Å². The number of aryl methyl sites for hydroxylation is 4. The molecule has 0 aliphatic rings. The van der Waals surface area contributed by atoms with Crippen LogP contribution in [0, 0.1) is 27.7 Å². The highest BCUT2D eigenvalue weighted by Gasteiger charge is 2.32. The third-order valence-corrected chi connectivity index (χ3v) is 5.33. The van der Waals surface area contributed by atoms with Crippen molar-refractivity contribution in [3.05, 3.63) is 87.7 Å². The van der Waals surface area contributed by atoms with Gasteiger partial charge in [-0.3, -0.25) is 9.98 Å². The highest BCUT2D eigenvalue weighted by molar-refractivity contribution is 6.03. The van der Waals surface area contributed by atoms with Crippen LogP contribution in [-0.2, 0) is 6.18 Å². The van der Waals surface area contributed by atoms with Gasteiger partial charge in [0.15, 0.2) is 0 Å². The maximum absolute atomic E-state index is 13.7. The first-order chi connectivity index (χ1) is 15.0. The minimum Gasteiger partial charge on any atom is -0.251 e. The Morgan fingerprint density at radius 3 is 1.34 bits per heavy atom. The van der Waals surface area contributed by atoms with E-state index >= 15 is 0 Å². The summed E-state index contributed by atoms with van der Waals surface area (Å²) in [6.07, 6.45) is -4.51. The molecule has 3 rings (SSSR count). The first-order valence-corrected chi connectivity index (χ1v) is 10.3. The number of rotatable bonds is 4. The fourth-order valence-electron chi connectivity index (χ4n) is 3.48. The van der Waals surface area contributed by atoms with Gasteiger partial charge in [-0.15, -0.1) is 0 Å². The van der Waals surface area contributed by atoms with Crippen LogP contribution in [0.2, 0.25) is 0 Å². The van der Waals surface area contributed by atoms with E-state index in [1.54, 1.807) is 13.8 Å². The number of halogens is 3. The van der Waals surface area contributed by atoms with Crippen molar-refractivity contribution in [1.82, 2.24) is 4.98 Å². The molecule has 0 fully saturated rings. The van der Waals surface area contributed by atoms with Crippen LogP contribution in [-0.4, -0.2) is 16.4 Å². The fourth-order valence-corrected chi connectivity index (χ4v) is 3.48. The van der Waals surface area contributed by atoms with Gasteiger partial charge in [0.1, 0.15) is 0 Å². The van der Waals surface area contributed by atoms with Crippen molar-refractivity contribution in [2.45, 2.75) is 47.7 Å². The number of hydrogen-bond donors (Lipinski definition) is 0. The van der Waals surface area contributed by atoms with Crippen LogP contribution >= 0.6 is 0 Å². The minimum atomic E-state index is -4.51. The number of aliphatic imine (C=N–C) groups is 2. The average Bonchev–Trinajstić information content (AvgIpc) is 2.72. The van der Waals surface area contributed by atoms with Gasteiger partial charge >= 0.3 is 6.18 Å². The Hall–Kier alpha value is -3.28. The van der Waals surface area contributed by atoms with Crippen molar-refractivity contribution in [1.29, 1.82) is 0 Å². The summed E-state index contributed by atoms with van der Waals surface area (Å²) in [4.78, 5) is 13.7. The zero-order valence-electron chi connectivity index (χ0n) is 19.1. The molecule has 2 aromatic carbocycles. The number of nitrogens with zero attached hydrogens (tertiary/aromatic N) is 3. The van der Waals surface area contributed by atoms with Crippen molar-refractivity contribution in [2.24, 2.45) is 9.98 Å². The standard InChI is InChI=1S/C26H26F3N3/c1-15-9-7-10-16(2)24(15)30-19(5)22-13-21(26(27,28)29)14-23(32-22)20(6)31-25-17(3)11-8-12-18(25)4/h7-14H,1-6H3. The van der Waals surface area contributed by atoms with Gasteiger partial charge in [0.25, 0.3) is 0 Å². The van der Waals surface area contributed by atoms with E-state index in [0.717, 1.165) is 45.8 Å². The second-order valence-electron chi connectivity index (χ2n) is 8.00. The molecule has 0 radical (unpaired) electrons. The molecule has 3 nitrogen and oxygen atoms in total. The normalized spacial score (nSPS) is 12.9. The van der Waals surface area contributed by atoms with Crippen molar-refractivity contribution in [3.63, 3.8) is 0 Å². The minimum absolute atomic E-state index is 0.175. The Kier molecular flexibility index (Phi) is 6.63. The van der Waals surface area contributed by atoms with Crippen molar-refractivity contribution < 1.29 is 13.2 Å². The molecule has 166 valence electrons. The zero-order valence-corrected chi connectivity index (χ0v) is 19.1. The first kappa shape index (κ1) is 23.4. The molecule has 1 aromatic heterocycles. The van der Waals surface area contributed by atoms with Gasteiger partial charge < -0.3 is 0 Å². The predicted molar refractivity (Wildman–Crippen MR) is 125 cm³/mol. The van der Waals surface area contributed by atoms with Gasteiger partial charge in [-0.2, -0.15) is 13.2 Å². The Balaban J connectivity index is 2.16. The summed E-state index contributed by atoms with van der Waals surface area (Å²) < 4.78 is 41.0. The summed E-state index contributed by atoms with van der Waals surface area (Å²) >= 11 is 0. The number of alkyl halides is 3. The SMILES string of the molecule is CC(=Nc1c(C)cccc1C)c1cc(C(F)(F)F)cc(C(C)=Nc2c(C)cccc2C)n1. The quantitative estimate of drug-likeness (QED) is 0.387.